The van der Waals surface area contributed by atoms with E-state index < -0.39 is 0 Å². The van der Waals surface area contributed by atoms with Crippen molar-refractivity contribution in [1.29, 1.82) is 0 Å². The average molecular weight is 364 g/mol. The van der Waals surface area contributed by atoms with Crippen LogP contribution in [-0.2, 0) is 6.54 Å². The fourth-order valence-corrected chi connectivity index (χ4v) is 2.58. The standard InChI is InChI=1S/C16H12FIN/c17-16-9-15(18)6-5-14(16)11-19-8-7-12-3-1-2-4-13(12)10-19/h1-10H,11H2/q+1. The molecule has 0 aliphatic rings. The summed E-state index contributed by atoms with van der Waals surface area (Å²) in [4.78, 5) is 0. The Hall–Kier alpha value is -1.49. The van der Waals surface area contributed by atoms with Crippen LogP contribution in [0, 0.1) is 9.39 Å². The summed E-state index contributed by atoms with van der Waals surface area (Å²) in [6, 6.07) is 15.6. The maximum Gasteiger partial charge on any atom is 0.176 e. The highest BCUT2D eigenvalue weighted by Crippen LogP contribution is 2.13. The Kier molecular flexibility index (Phi) is 3.46. The number of pyridine rings is 1. The lowest BCUT2D eigenvalue weighted by atomic mass is 10.1. The highest BCUT2D eigenvalue weighted by molar-refractivity contribution is 14.1. The van der Waals surface area contributed by atoms with E-state index in [0.717, 1.165) is 8.96 Å². The van der Waals surface area contributed by atoms with E-state index >= 15 is 0 Å². The Morgan fingerprint density at radius 3 is 2.58 bits per heavy atom. The third-order valence-corrected chi connectivity index (χ3v) is 3.79. The van der Waals surface area contributed by atoms with Gasteiger partial charge in [0.15, 0.2) is 18.9 Å². The van der Waals surface area contributed by atoms with Gasteiger partial charge < -0.3 is 0 Å². The van der Waals surface area contributed by atoms with Gasteiger partial charge in [0.2, 0.25) is 0 Å². The van der Waals surface area contributed by atoms with Crippen molar-refractivity contribution < 1.29 is 8.96 Å². The molecule has 3 aromatic rings. The highest BCUT2D eigenvalue weighted by Gasteiger charge is 2.09. The number of rotatable bonds is 2. The molecule has 1 aromatic heterocycles. The Morgan fingerprint density at radius 1 is 1.00 bits per heavy atom. The molecule has 3 heteroatoms. The van der Waals surface area contributed by atoms with Gasteiger partial charge >= 0.3 is 0 Å². The van der Waals surface area contributed by atoms with Crippen LogP contribution in [0.15, 0.2) is 60.9 Å². The summed E-state index contributed by atoms with van der Waals surface area (Å²) in [6.07, 6.45) is 4.03. The molecule has 0 spiro atoms. The largest absolute Gasteiger partial charge is 0.206 e. The van der Waals surface area contributed by atoms with Crippen molar-refractivity contribution in [2.24, 2.45) is 0 Å². The Labute approximate surface area is 124 Å². The lowest BCUT2D eigenvalue weighted by Gasteiger charge is -2.02. The van der Waals surface area contributed by atoms with Crippen LogP contribution in [0.2, 0.25) is 0 Å². The first-order valence-electron chi connectivity index (χ1n) is 6.04. The maximum atomic E-state index is 13.8. The predicted octanol–water partition coefficient (Wildman–Crippen LogP) is 3.92. The minimum atomic E-state index is -0.146. The van der Waals surface area contributed by atoms with E-state index in [2.05, 4.69) is 40.8 Å². The zero-order valence-corrected chi connectivity index (χ0v) is 12.3. The summed E-state index contributed by atoms with van der Waals surface area (Å²) in [7, 11) is 0. The molecule has 0 bridgehead atoms. The summed E-state index contributed by atoms with van der Waals surface area (Å²) >= 11 is 2.12. The van der Waals surface area contributed by atoms with E-state index in [4.69, 9.17) is 0 Å². The average Bonchev–Trinajstić information content (AvgIpc) is 2.42. The van der Waals surface area contributed by atoms with Crippen molar-refractivity contribution in [3.05, 3.63) is 75.9 Å². The van der Waals surface area contributed by atoms with Crippen LogP contribution in [0.1, 0.15) is 5.56 Å². The van der Waals surface area contributed by atoms with Crippen LogP contribution < -0.4 is 4.57 Å². The molecule has 19 heavy (non-hydrogen) atoms. The van der Waals surface area contributed by atoms with Crippen molar-refractivity contribution in [2.75, 3.05) is 0 Å². The number of fused-ring (bicyclic) bond motifs is 1. The first-order chi connectivity index (χ1) is 9.22. The van der Waals surface area contributed by atoms with Crippen molar-refractivity contribution in [1.82, 2.24) is 0 Å². The molecular weight excluding hydrogens is 352 g/mol. The SMILES string of the molecule is Fc1cc(I)ccc1C[n+]1ccc2ccccc2c1. The van der Waals surface area contributed by atoms with Gasteiger partial charge in [0, 0.05) is 15.0 Å². The van der Waals surface area contributed by atoms with E-state index in [1.54, 1.807) is 6.07 Å². The molecule has 2 aromatic carbocycles. The second-order valence-electron chi connectivity index (χ2n) is 4.48. The van der Waals surface area contributed by atoms with Gasteiger partial charge in [-0.25, -0.2) is 8.96 Å². The fourth-order valence-electron chi connectivity index (χ4n) is 2.12. The van der Waals surface area contributed by atoms with E-state index in [1.165, 1.54) is 5.39 Å². The second kappa shape index (κ2) is 5.25. The van der Waals surface area contributed by atoms with Gasteiger partial charge in [0.05, 0.1) is 5.56 Å². The third-order valence-electron chi connectivity index (χ3n) is 3.11. The number of hydrogen-bond acceptors (Lipinski definition) is 0. The molecule has 1 nitrogen and oxygen atoms in total. The minimum Gasteiger partial charge on any atom is -0.206 e. The van der Waals surface area contributed by atoms with Gasteiger partial charge in [-0.2, -0.15) is 0 Å². The zero-order valence-electron chi connectivity index (χ0n) is 10.2. The van der Waals surface area contributed by atoms with E-state index in [1.807, 2.05) is 41.2 Å². The first-order valence-corrected chi connectivity index (χ1v) is 7.12. The van der Waals surface area contributed by atoms with E-state index in [9.17, 15) is 4.39 Å². The number of halogens is 2. The Morgan fingerprint density at radius 2 is 1.79 bits per heavy atom. The van der Waals surface area contributed by atoms with Gasteiger partial charge in [-0.05, 0) is 52.2 Å². The number of benzene rings is 2. The molecule has 3 rings (SSSR count). The van der Waals surface area contributed by atoms with Crippen molar-refractivity contribution >= 4 is 33.4 Å². The minimum absolute atomic E-state index is 0.146. The smallest absolute Gasteiger partial charge is 0.176 e. The summed E-state index contributed by atoms with van der Waals surface area (Å²) < 4.78 is 16.8. The lowest BCUT2D eigenvalue weighted by Crippen LogP contribution is -2.33. The number of hydrogen-bond donors (Lipinski definition) is 0. The van der Waals surface area contributed by atoms with Crippen LogP contribution in [-0.4, -0.2) is 0 Å². The normalized spacial score (nSPS) is 10.8. The molecular formula is C16H12FIN+. The number of nitrogens with zero attached hydrogens (tertiary/aromatic N) is 1. The van der Waals surface area contributed by atoms with E-state index in [0.29, 0.717) is 12.1 Å². The molecule has 0 N–H and O–H groups in total. The quantitative estimate of drug-likeness (QED) is 0.480. The van der Waals surface area contributed by atoms with Crippen LogP contribution in [0.3, 0.4) is 0 Å². The second-order valence-corrected chi connectivity index (χ2v) is 5.73. The molecule has 0 aliphatic carbocycles. The van der Waals surface area contributed by atoms with Crippen molar-refractivity contribution in [3.8, 4) is 0 Å². The Bertz CT molecular complexity index is 740. The predicted molar refractivity (Wildman–Crippen MR) is 82.4 cm³/mol. The molecule has 0 atom stereocenters. The molecule has 0 saturated carbocycles. The van der Waals surface area contributed by atoms with Gasteiger partial charge in [-0.3, -0.25) is 0 Å². The molecule has 0 aliphatic heterocycles. The van der Waals surface area contributed by atoms with Gasteiger partial charge in [-0.1, -0.05) is 18.2 Å². The molecule has 0 unspecified atom stereocenters. The highest BCUT2D eigenvalue weighted by atomic mass is 127. The number of aromatic nitrogens is 1. The molecule has 0 fully saturated rings. The summed E-state index contributed by atoms with van der Waals surface area (Å²) in [6.45, 7) is 0.549. The van der Waals surface area contributed by atoms with Crippen molar-refractivity contribution in [3.63, 3.8) is 0 Å². The van der Waals surface area contributed by atoms with Crippen LogP contribution in [0.25, 0.3) is 10.8 Å². The van der Waals surface area contributed by atoms with Gasteiger partial charge in [0.1, 0.15) is 5.82 Å². The maximum absolute atomic E-state index is 13.8. The van der Waals surface area contributed by atoms with Gasteiger partial charge in [-0.15, -0.1) is 0 Å². The monoisotopic (exact) mass is 364 g/mol. The summed E-state index contributed by atoms with van der Waals surface area (Å²) in [5.41, 5.74) is 0.709. The first kappa shape index (κ1) is 12.5. The van der Waals surface area contributed by atoms with Crippen molar-refractivity contribution in [2.45, 2.75) is 6.54 Å². The van der Waals surface area contributed by atoms with Crippen LogP contribution in [0.5, 0.6) is 0 Å². The molecule has 94 valence electrons. The fraction of sp³-hybridized carbons (Fsp3) is 0.0625. The molecule has 1 heterocycles. The Balaban J connectivity index is 1.96. The van der Waals surface area contributed by atoms with Crippen LogP contribution >= 0.6 is 22.6 Å². The third kappa shape index (κ3) is 2.76. The topological polar surface area (TPSA) is 3.88 Å². The zero-order chi connectivity index (χ0) is 13.2. The van der Waals surface area contributed by atoms with E-state index in [-0.39, 0.29) is 5.82 Å². The lowest BCUT2D eigenvalue weighted by molar-refractivity contribution is -0.687. The van der Waals surface area contributed by atoms with Crippen LogP contribution in [0.4, 0.5) is 4.39 Å². The molecule has 0 saturated heterocycles. The van der Waals surface area contributed by atoms with Gasteiger partial charge in [0.25, 0.3) is 0 Å². The summed E-state index contributed by atoms with van der Waals surface area (Å²) in [5, 5.41) is 2.36. The molecule has 0 amide bonds. The molecule has 0 radical (unpaired) electrons. The summed E-state index contributed by atoms with van der Waals surface area (Å²) in [5.74, 6) is -0.146.